The van der Waals surface area contributed by atoms with E-state index in [0.29, 0.717) is 28.2 Å². The van der Waals surface area contributed by atoms with Crippen LogP contribution in [0.1, 0.15) is 26.2 Å². The summed E-state index contributed by atoms with van der Waals surface area (Å²) in [6.07, 6.45) is 2.47. The van der Waals surface area contributed by atoms with Crippen molar-refractivity contribution in [3.8, 4) is 0 Å². The zero-order chi connectivity index (χ0) is 16.6. The van der Waals surface area contributed by atoms with E-state index in [1.165, 1.54) is 6.42 Å². The number of halogens is 2. The summed E-state index contributed by atoms with van der Waals surface area (Å²) in [5.74, 6) is 0.311. The van der Waals surface area contributed by atoms with Crippen LogP contribution in [0.15, 0.2) is 18.2 Å². The van der Waals surface area contributed by atoms with Gasteiger partial charge in [-0.15, -0.1) is 0 Å². The zero-order valence-corrected chi connectivity index (χ0v) is 14.6. The van der Waals surface area contributed by atoms with E-state index < -0.39 is 0 Å². The highest BCUT2D eigenvalue weighted by Crippen LogP contribution is 2.31. The Hall–Kier alpha value is -1.26. The summed E-state index contributed by atoms with van der Waals surface area (Å²) < 4.78 is 0. The van der Waals surface area contributed by atoms with Gasteiger partial charge in [-0.25, -0.2) is 0 Å². The third kappa shape index (κ3) is 3.64. The number of hydrogen-bond acceptors (Lipinski definition) is 2. The third-order valence-electron chi connectivity index (χ3n) is 4.60. The molecule has 3 rings (SSSR count). The lowest BCUT2D eigenvalue weighted by Gasteiger charge is -2.32. The van der Waals surface area contributed by atoms with E-state index in [4.69, 9.17) is 23.2 Å². The van der Waals surface area contributed by atoms with Crippen LogP contribution >= 0.6 is 23.2 Å². The monoisotopic (exact) mass is 354 g/mol. The fourth-order valence-corrected chi connectivity index (χ4v) is 3.98. The van der Waals surface area contributed by atoms with E-state index in [0.717, 1.165) is 19.5 Å². The Bertz CT molecular complexity index is 615. The standard InChI is InChI=1S/C17H20Cl2N2O2/c1-11-3-2-4-20(9-11)17(23)12-5-16(22)21(10-12)15-7-13(18)6-14(19)8-15/h6-8,11-12H,2-5,9-10H2,1H3. The fraction of sp³-hybridized carbons (Fsp3) is 0.529. The van der Waals surface area contributed by atoms with Crippen LogP contribution in [0, 0.1) is 11.8 Å². The predicted molar refractivity (Wildman–Crippen MR) is 91.9 cm³/mol. The first-order valence-corrected chi connectivity index (χ1v) is 8.75. The van der Waals surface area contributed by atoms with Gasteiger partial charge in [0.15, 0.2) is 0 Å². The first kappa shape index (κ1) is 16.6. The smallest absolute Gasteiger partial charge is 0.228 e. The Labute approximate surface area is 146 Å². The van der Waals surface area contributed by atoms with Crippen molar-refractivity contribution in [1.29, 1.82) is 0 Å². The number of benzene rings is 1. The number of carbonyl (C=O) groups excluding carboxylic acids is 2. The minimum absolute atomic E-state index is 0.0493. The minimum atomic E-state index is -0.273. The van der Waals surface area contributed by atoms with Gasteiger partial charge >= 0.3 is 0 Å². The third-order valence-corrected chi connectivity index (χ3v) is 5.04. The molecular weight excluding hydrogens is 335 g/mol. The van der Waals surface area contributed by atoms with Crippen LogP contribution in [0.3, 0.4) is 0 Å². The molecule has 6 heteroatoms. The van der Waals surface area contributed by atoms with Crippen LogP contribution < -0.4 is 4.90 Å². The van der Waals surface area contributed by atoms with Gasteiger partial charge in [-0.1, -0.05) is 30.1 Å². The summed E-state index contributed by atoms with van der Waals surface area (Å²) in [4.78, 5) is 28.6. The molecule has 2 fully saturated rings. The SMILES string of the molecule is CC1CCCN(C(=O)C2CC(=O)N(c3cc(Cl)cc(Cl)c3)C2)C1. The molecule has 0 bridgehead atoms. The van der Waals surface area contributed by atoms with Crippen LogP contribution in [0.5, 0.6) is 0 Å². The summed E-state index contributed by atoms with van der Waals surface area (Å²) in [6.45, 7) is 4.17. The van der Waals surface area contributed by atoms with E-state index >= 15 is 0 Å². The van der Waals surface area contributed by atoms with Crippen LogP contribution in [0.2, 0.25) is 10.0 Å². The van der Waals surface area contributed by atoms with Crippen molar-refractivity contribution in [2.24, 2.45) is 11.8 Å². The highest BCUT2D eigenvalue weighted by atomic mass is 35.5. The molecule has 2 unspecified atom stereocenters. The van der Waals surface area contributed by atoms with E-state index in [9.17, 15) is 9.59 Å². The molecule has 0 aliphatic carbocycles. The van der Waals surface area contributed by atoms with E-state index in [2.05, 4.69) is 6.92 Å². The Morgan fingerprint density at radius 2 is 1.87 bits per heavy atom. The molecule has 4 nitrogen and oxygen atoms in total. The molecular formula is C17H20Cl2N2O2. The molecule has 2 atom stereocenters. The molecule has 2 heterocycles. The maximum atomic E-state index is 12.7. The van der Waals surface area contributed by atoms with Crippen LogP contribution in [0.25, 0.3) is 0 Å². The summed E-state index contributed by atoms with van der Waals surface area (Å²) in [6, 6.07) is 5.05. The second-order valence-electron chi connectivity index (χ2n) is 6.56. The van der Waals surface area contributed by atoms with Gasteiger partial charge < -0.3 is 9.80 Å². The maximum Gasteiger partial charge on any atom is 0.228 e. The number of amides is 2. The molecule has 0 saturated carbocycles. The topological polar surface area (TPSA) is 40.6 Å². The number of hydrogen-bond donors (Lipinski definition) is 0. The van der Waals surface area contributed by atoms with Crippen molar-refractivity contribution in [1.82, 2.24) is 4.90 Å². The van der Waals surface area contributed by atoms with Gasteiger partial charge in [0.05, 0.1) is 5.92 Å². The number of piperidine rings is 1. The Morgan fingerprint density at radius 1 is 1.17 bits per heavy atom. The predicted octanol–water partition coefficient (Wildman–Crippen LogP) is 3.60. The number of rotatable bonds is 2. The Kier molecular flexibility index (Phi) is 4.83. The van der Waals surface area contributed by atoms with E-state index in [-0.39, 0.29) is 24.2 Å². The average molecular weight is 355 g/mol. The molecule has 23 heavy (non-hydrogen) atoms. The fourth-order valence-electron chi connectivity index (χ4n) is 3.47. The first-order chi connectivity index (χ1) is 10.9. The van der Waals surface area contributed by atoms with Gasteiger partial charge in [-0.3, -0.25) is 9.59 Å². The van der Waals surface area contributed by atoms with Crippen molar-refractivity contribution in [2.75, 3.05) is 24.5 Å². The molecule has 0 aromatic heterocycles. The first-order valence-electron chi connectivity index (χ1n) is 7.99. The molecule has 2 aliphatic rings. The second kappa shape index (κ2) is 6.70. The minimum Gasteiger partial charge on any atom is -0.342 e. The summed E-state index contributed by atoms with van der Waals surface area (Å²) >= 11 is 12.0. The average Bonchev–Trinajstić information content (AvgIpc) is 2.87. The molecule has 0 radical (unpaired) electrons. The molecule has 0 N–H and O–H groups in total. The van der Waals surface area contributed by atoms with Gasteiger partial charge in [0.1, 0.15) is 0 Å². The summed E-state index contributed by atoms with van der Waals surface area (Å²) in [5.41, 5.74) is 0.662. The Morgan fingerprint density at radius 3 is 2.52 bits per heavy atom. The number of nitrogens with zero attached hydrogens (tertiary/aromatic N) is 2. The van der Waals surface area contributed by atoms with Gasteiger partial charge in [-0.05, 0) is 37.0 Å². The van der Waals surface area contributed by atoms with E-state index in [1.54, 1.807) is 23.1 Å². The number of likely N-dealkylation sites (tertiary alicyclic amines) is 1. The van der Waals surface area contributed by atoms with Crippen LogP contribution in [-0.2, 0) is 9.59 Å². The van der Waals surface area contributed by atoms with Crippen LogP contribution in [0.4, 0.5) is 5.69 Å². The van der Waals surface area contributed by atoms with Crippen molar-refractivity contribution < 1.29 is 9.59 Å². The Balaban J connectivity index is 1.73. The van der Waals surface area contributed by atoms with Gasteiger partial charge in [0.2, 0.25) is 11.8 Å². The van der Waals surface area contributed by atoms with Gasteiger partial charge in [-0.2, -0.15) is 0 Å². The molecule has 1 aromatic rings. The van der Waals surface area contributed by atoms with Gasteiger partial charge in [0, 0.05) is 41.8 Å². The van der Waals surface area contributed by atoms with Crippen LogP contribution in [-0.4, -0.2) is 36.3 Å². The second-order valence-corrected chi connectivity index (χ2v) is 7.44. The quantitative estimate of drug-likeness (QED) is 0.813. The molecule has 2 aliphatic heterocycles. The molecule has 124 valence electrons. The normalized spacial score (nSPS) is 25.1. The molecule has 1 aromatic carbocycles. The highest BCUT2D eigenvalue weighted by molar-refractivity contribution is 6.35. The molecule has 2 amide bonds. The highest BCUT2D eigenvalue weighted by Gasteiger charge is 2.38. The maximum absolute atomic E-state index is 12.7. The van der Waals surface area contributed by atoms with Crippen molar-refractivity contribution >= 4 is 40.7 Å². The summed E-state index contributed by atoms with van der Waals surface area (Å²) in [5, 5.41) is 0.972. The number of carbonyl (C=O) groups is 2. The van der Waals surface area contributed by atoms with Crippen molar-refractivity contribution in [2.45, 2.75) is 26.2 Å². The van der Waals surface area contributed by atoms with Gasteiger partial charge in [0.25, 0.3) is 0 Å². The lowest BCUT2D eigenvalue weighted by Crippen LogP contribution is -2.43. The lowest BCUT2D eigenvalue weighted by molar-refractivity contribution is -0.137. The van der Waals surface area contributed by atoms with Crippen molar-refractivity contribution in [3.05, 3.63) is 28.2 Å². The molecule has 2 saturated heterocycles. The molecule has 0 spiro atoms. The number of anilines is 1. The van der Waals surface area contributed by atoms with Crippen molar-refractivity contribution in [3.63, 3.8) is 0 Å². The summed E-state index contributed by atoms with van der Waals surface area (Å²) in [7, 11) is 0. The van der Waals surface area contributed by atoms with E-state index in [1.807, 2.05) is 4.90 Å². The lowest BCUT2D eigenvalue weighted by atomic mass is 9.98. The zero-order valence-electron chi connectivity index (χ0n) is 13.1. The largest absolute Gasteiger partial charge is 0.342 e.